The molecule has 9 unspecified atom stereocenters. The summed E-state index contributed by atoms with van der Waals surface area (Å²) in [7, 11) is -1.62. The van der Waals surface area contributed by atoms with Crippen molar-refractivity contribution >= 4 is 57.4 Å². The predicted octanol–water partition coefficient (Wildman–Crippen LogP) is -1.61. The number of fused-ring (bicyclic) bond motifs is 5. The lowest BCUT2D eigenvalue weighted by Crippen LogP contribution is -2.36. The van der Waals surface area contributed by atoms with Crippen LogP contribution in [-0.4, -0.2) is 107 Å². The van der Waals surface area contributed by atoms with Crippen molar-refractivity contribution < 1.29 is 46.9 Å². The van der Waals surface area contributed by atoms with Gasteiger partial charge in [0.2, 0.25) is 13.5 Å². The van der Waals surface area contributed by atoms with Crippen molar-refractivity contribution in [3.63, 3.8) is 0 Å². The summed E-state index contributed by atoms with van der Waals surface area (Å²) < 4.78 is 62.6. The molecule has 7 heterocycles. The number of H-pyrrole nitrogens is 1. The fourth-order valence-electron chi connectivity index (χ4n) is 5.23. The van der Waals surface area contributed by atoms with Gasteiger partial charge in [0.1, 0.15) is 49.0 Å². The van der Waals surface area contributed by atoms with E-state index in [1.54, 1.807) is 0 Å². The molecule has 0 aromatic carbocycles. The largest absolute Gasteiger partial charge is 0.698 e. The summed E-state index contributed by atoms with van der Waals surface area (Å²) >= 11 is 0. The minimum Gasteiger partial charge on any atom is -0.387 e. The van der Waals surface area contributed by atoms with E-state index in [-0.39, 0.29) is 34.1 Å². The first-order valence-electron chi connectivity index (χ1n) is 12.8. The number of rotatable bonds is 2. The third-order valence-corrected chi connectivity index (χ3v) is 9.07. The van der Waals surface area contributed by atoms with E-state index in [1.165, 1.54) is 28.1 Å². The standard InChI is InChI=1S/C20H21BN10O11P2/c21-44(36)38-2-6-10(32)13(19(39-6)31-5-27-9-16(31)28-20(23)29-17(9)34)41-43(35)37-1-7-12(42-44)11(33)18(40-7)30-4-26-8-14(22)24-3-25-15(8)30/h3-7,10-13,18-19,32-33H,1-2H2,(H4-,22,23,24,25,28,29,34)/p+1/t6?,7?,10?,11?,12?,13?,18?,19?,44-/m0/s1. The van der Waals surface area contributed by atoms with E-state index in [0.29, 0.717) is 0 Å². The summed E-state index contributed by atoms with van der Waals surface area (Å²) in [5.74, 6) is -0.131. The Labute approximate surface area is 246 Å². The number of aromatic nitrogens is 8. The van der Waals surface area contributed by atoms with E-state index >= 15 is 0 Å². The predicted molar refractivity (Wildman–Crippen MR) is 145 cm³/mol. The number of aromatic amines is 1. The van der Waals surface area contributed by atoms with Gasteiger partial charge in [-0.1, -0.05) is 0 Å². The Morgan fingerprint density at radius 2 is 1.70 bits per heavy atom. The molecule has 4 aromatic heterocycles. The maximum atomic E-state index is 13.3. The van der Waals surface area contributed by atoms with Gasteiger partial charge in [0.05, 0.1) is 19.3 Å². The van der Waals surface area contributed by atoms with Crippen LogP contribution in [0.2, 0.25) is 0 Å². The third kappa shape index (κ3) is 4.98. The second kappa shape index (κ2) is 10.9. The smallest absolute Gasteiger partial charge is 0.387 e. The summed E-state index contributed by atoms with van der Waals surface area (Å²) in [6, 6.07) is 0. The number of aliphatic hydroxyl groups is 2. The van der Waals surface area contributed by atoms with Gasteiger partial charge in [-0.3, -0.25) is 23.5 Å². The van der Waals surface area contributed by atoms with Crippen molar-refractivity contribution in [1.29, 1.82) is 0 Å². The summed E-state index contributed by atoms with van der Waals surface area (Å²) in [5.41, 5.74) is 11.3. The lowest BCUT2D eigenvalue weighted by Gasteiger charge is -2.25. The maximum absolute atomic E-state index is 13.3. The van der Waals surface area contributed by atoms with Crippen LogP contribution in [0.1, 0.15) is 12.5 Å². The van der Waals surface area contributed by atoms with Crippen molar-refractivity contribution in [2.75, 3.05) is 24.7 Å². The highest BCUT2D eigenvalue weighted by Gasteiger charge is 2.54. The van der Waals surface area contributed by atoms with Crippen LogP contribution in [0.3, 0.4) is 0 Å². The molecule has 0 spiro atoms. The van der Waals surface area contributed by atoms with Crippen molar-refractivity contribution in [2.24, 2.45) is 0 Å². The van der Waals surface area contributed by atoms with Crippen LogP contribution in [0.4, 0.5) is 11.8 Å². The zero-order valence-corrected chi connectivity index (χ0v) is 23.9. The molecule has 7 N–H and O–H groups in total. The van der Waals surface area contributed by atoms with Crippen LogP contribution in [0, 0.1) is 0 Å². The second-order valence-electron chi connectivity index (χ2n) is 9.96. The van der Waals surface area contributed by atoms with E-state index in [0.717, 1.165) is 0 Å². The third-order valence-electron chi connectivity index (χ3n) is 7.25. The number of hydrogen-bond donors (Lipinski definition) is 5. The SMILES string of the molecule is [B][P@]1(=O)OCC2OC(n3cnc4c(=O)[nH]c(N)nc43)C(O[P+](=O)OCC3OC(n4cnc5c(N)ncnc54)C(O)C3O1)C2O. The lowest BCUT2D eigenvalue weighted by atomic mass is 10.1. The van der Waals surface area contributed by atoms with Crippen molar-refractivity contribution in [1.82, 2.24) is 39.0 Å². The Morgan fingerprint density at radius 1 is 0.977 bits per heavy atom. The van der Waals surface area contributed by atoms with Gasteiger partial charge in [0.15, 0.2) is 41.2 Å². The van der Waals surface area contributed by atoms with Gasteiger partial charge in [0, 0.05) is 4.57 Å². The number of nitrogen functional groups attached to an aromatic ring is 2. The van der Waals surface area contributed by atoms with E-state index in [2.05, 4.69) is 29.9 Å². The van der Waals surface area contributed by atoms with Gasteiger partial charge in [0.25, 0.3) is 13.0 Å². The van der Waals surface area contributed by atoms with Crippen LogP contribution in [0.5, 0.6) is 0 Å². The van der Waals surface area contributed by atoms with Gasteiger partial charge < -0.3 is 40.2 Å². The number of nitrogens with zero attached hydrogens (tertiary/aromatic N) is 7. The molecule has 230 valence electrons. The molecule has 2 radical (unpaired) electrons. The fraction of sp³-hybridized carbons (Fsp3) is 0.500. The monoisotopic (exact) mass is 651 g/mol. The molecule has 3 saturated heterocycles. The second-order valence-corrected chi connectivity index (χ2v) is 12.4. The molecule has 4 aromatic rings. The van der Waals surface area contributed by atoms with E-state index in [1.807, 2.05) is 0 Å². The quantitative estimate of drug-likeness (QED) is 0.120. The van der Waals surface area contributed by atoms with Crippen LogP contribution < -0.4 is 17.0 Å². The minimum atomic E-state index is -4.49. The van der Waals surface area contributed by atoms with Crippen molar-refractivity contribution in [2.45, 2.75) is 49.1 Å². The summed E-state index contributed by atoms with van der Waals surface area (Å²) in [4.78, 5) is 34.8. The molecule has 3 aliphatic heterocycles. The first-order chi connectivity index (χ1) is 21.0. The first-order valence-corrected chi connectivity index (χ1v) is 15.5. The van der Waals surface area contributed by atoms with Gasteiger partial charge >= 0.3 is 8.25 Å². The lowest BCUT2D eigenvalue weighted by molar-refractivity contribution is -0.0571. The molecule has 2 bridgehead atoms. The molecule has 0 saturated carbocycles. The highest BCUT2D eigenvalue weighted by Crippen LogP contribution is 2.50. The Balaban J connectivity index is 1.18. The van der Waals surface area contributed by atoms with E-state index in [9.17, 15) is 24.1 Å². The fourth-order valence-corrected chi connectivity index (χ4v) is 7.01. The Morgan fingerprint density at radius 3 is 2.50 bits per heavy atom. The molecule has 3 aliphatic rings. The Hall–Kier alpha value is -3.43. The first kappa shape index (κ1) is 29.3. The molecule has 7 rings (SSSR count). The van der Waals surface area contributed by atoms with Gasteiger partial charge in [-0.05, 0) is 0 Å². The average molecular weight is 651 g/mol. The van der Waals surface area contributed by atoms with Crippen LogP contribution in [0.15, 0.2) is 23.8 Å². The number of hydrogen-bond acceptors (Lipinski definition) is 18. The topological polar surface area (TPSA) is 289 Å². The molecule has 21 nitrogen and oxygen atoms in total. The molecule has 24 heteroatoms. The number of ether oxygens (including phenoxy) is 2. The van der Waals surface area contributed by atoms with E-state index in [4.69, 9.17) is 46.6 Å². The Bertz CT molecular complexity index is 1870. The van der Waals surface area contributed by atoms with Crippen LogP contribution in [0.25, 0.3) is 22.3 Å². The highest BCUT2D eigenvalue weighted by atomic mass is 31.2. The number of anilines is 2. The summed E-state index contributed by atoms with van der Waals surface area (Å²) in [6.07, 6.45) is -7.24. The summed E-state index contributed by atoms with van der Waals surface area (Å²) in [5, 5.41) is 22.2. The molecular formula is C20H22BN10O11P2+. The molecule has 10 atom stereocenters. The zero-order valence-electron chi connectivity index (χ0n) is 22.1. The number of aliphatic hydroxyl groups excluding tert-OH is 2. The normalized spacial score (nSPS) is 35.7. The number of nitrogens with two attached hydrogens (primary N) is 2. The minimum absolute atomic E-state index is 0.0232. The average Bonchev–Trinajstić information content (AvgIpc) is 3.72. The highest BCUT2D eigenvalue weighted by molar-refractivity contribution is 7.79. The maximum Gasteiger partial charge on any atom is 0.698 e. The molecule has 0 aliphatic carbocycles. The van der Waals surface area contributed by atoms with Crippen molar-refractivity contribution in [3.8, 4) is 0 Å². The van der Waals surface area contributed by atoms with Gasteiger partial charge in [-0.2, -0.15) is 4.98 Å². The summed E-state index contributed by atoms with van der Waals surface area (Å²) in [6.45, 7) is -1.14. The van der Waals surface area contributed by atoms with Crippen LogP contribution >= 0.6 is 15.7 Å². The Kier molecular flexibility index (Phi) is 7.24. The molecule has 44 heavy (non-hydrogen) atoms. The van der Waals surface area contributed by atoms with Gasteiger partial charge in [-0.15, -0.1) is 9.05 Å². The molecular weight excluding hydrogens is 629 g/mol. The van der Waals surface area contributed by atoms with E-state index < -0.39 is 83.6 Å². The number of nitrogens with one attached hydrogen (secondary N) is 1. The number of imidazole rings is 2. The molecule has 3 fully saturated rings. The van der Waals surface area contributed by atoms with Crippen molar-refractivity contribution in [3.05, 3.63) is 29.3 Å². The van der Waals surface area contributed by atoms with Gasteiger partial charge in [-0.25, -0.2) is 19.9 Å². The molecule has 0 amide bonds. The van der Waals surface area contributed by atoms with Crippen LogP contribution in [-0.2, 0) is 36.7 Å². The zero-order chi connectivity index (χ0) is 30.9.